The molecule has 2 fully saturated rings. The molecule has 3 aliphatic rings. The third kappa shape index (κ3) is 6.63. The second kappa shape index (κ2) is 12.0. The number of H-pyrrole nitrogens is 1. The first-order chi connectivity index (χ1) is 20.0. The van der Waals surface area contributed by atoms with Gasteiger partial charge in [-0.05, 0) is 44.2 Å². The average Bonchev–Trinajstić information content (AvgIpc) is 3.48. The maximum Gasteiger partial charge on any atom is 0.422 e. The molecule has 4 rings (SSSR count). The van der Waals surface area contributed by atoms with E-state index in [1.807, 2.05) is 12.0 Å². The Morgan fingerprint density at radius 3 is 2.30 bits per heavy atom. The first kappa shape index (κ1) is 32.6. The van der Waals surface area contributed by atoms with Gasteiger partial charge in [0.25, 0.3) is 11.5 Å². The number of fused-ring (bicyclic) bond motifs is 1. The monoisotopic (exact) mass is 624 g/mol. The normalized spacial score (nSPS) is 24.1. The van der Waals surface area contributed by atoms with Crippen LogP contribution in [0.2, 0.25) is 0 Å². The van der Waals surface area contributed by atoms with Gasteiger partial charge in [-0.3, -0.25) is 14.5 Å². The van der Waals surface area contributed by atoms with Crippen LogP contribution in [-0.4, -0.2) is 88.4 Å². The van der Waals surface area contributed by atoms with Gasteiger partial charge in [0.15, 0.2) is 0 Å². The molecule has 0 radical (unpaired) electrons. The molecule has 1 aromatic rings. The molecule has 1 aromatic heterocycles. The summed E-state index contributed by atoms with van der Waals surface area (Å²) in [6, 6.07) is -0.921. The number of amides is 1. The second-order valence-corrected chi connectivity index (χ2v) is 10.9. The molecular formula is C27H32F8N6O2. The fourth-order valence-electron chi connectivity index (χ4n) is 5.83. The summed E-state index contributed by atoms with van der Waals surface area (Å²) in [7, 11) is 0. The Morgan fingerprint density at radius 2 is 1.74 bits per heavy atom. The summed E-state index contributed by atoms with van der Waals surface area (Å²) in [4.78, 5) is 33.4. The number of aliphatic imine (C=N–C) groups is 1. The molecule has 0 bridgehead atoms. The van der Waals surface area contributed by atoms with E-state index >= 15 is 8.78 Å². The van der Waals surface area contributed by atoms with E-state index in [4.69, 9.17) is 0 Å². The van der Waals surface area contributed by atoms with Crippen LogP contribution in [0.5, 0.6) is 0 Å². The van der Waals surface area contributed by atoms with Gasteiger partial charge in [-0.25, -0.2) is 18.9 Å². The molecule has 3 heterocycles. The van der Waals surface area contributed by atoms with Crippen LogP contribution in [0.4, 0.5) is 35.1 Å². The highest BCUT2D eigenvalue weighted by atomic mass is 19.4. The van der Waals surface area contributed by atoms with E-state index in [1.54, 1.807) is 11.8 Å². The first-order valence-electron chi connectivity index (χ1n) is 13.8. The quantitative estimate of drug-likeness (QED) is 0.366. The van der Waals surface area contributed by atoms with E-state index in [9.17, 15) is 35.9 Å². The highest BCUT2D eigenvalue weighted by Crippen LogP contribution is 2.45. The van der Waals surface area contributed by atoms with Crippen LogP contribution < -0.4 is 5.56 Å². The lowest BCUT2D eigenvalue weighted by molar-refractivity contribution is -0.146. The number of carbonyl (C=O) groups is 1. The predicted molar refractivity (Wildman–Crippen MR) is 140 cm³/mol. The third-order valence-corrected chi connectivity index (χ3v) is 8.23. The molecule has 2 unspecified atom stereocenters. The lowest BCUT2D eigenvalue weighted by Gasteiger charge is -2.38. The number of nitrogens with one attached hydrogen (secondary N) is 1. The van der Waals surface area contributed by atoms with Crippen LogP contribution in [0.25, 0.3) is 0 Å². The number of likely N-dealkylation sites (tertiary alicyclic amines) is 1. The smallest absolute Gasteiger partial charge is 0.353 e. The minimum Gasteiger partial charge on any atom is -0.353 e. The zero-order valence-corrected chi connectivity index (χ0v) is 23.7. The number of hydrogen-bond donors (Lipinski definition) is 1. The molecule has 2 saturated heterocycles. The lowest BCUT2D eigenvalue weighted by Crippen LogP contribution is -2.52. The number of piperazine rings is 1. The van der Waals surface area contributed by atoms with Crippen molar-refractivity contribution in [3.8, 4) is 0 Å². The van der Waals surface area contributed by atoms with Gasteiger partial charge in [0.05, 0.1) is 23.9 Å². The molecule has 8 nitrogen and oxygen atoms in total. The van der Waals surface area contributed by atoms with E-state index < -0.39 is 65.9 Å². The average molecular weight is 625 g/mol. The van der Waals surface area contributed by atoms with Gasteiger partial charge < -0.3 is 9.80 Å². The Kier molecular flexibility index (Phi) is 9.10. The SMILES string of the molecule is C\C=C(/C=N\C(=C(/C)CC)N1CCN(C(=O)C2CN(C3CCc4c3n[nH]c(=O)c4C(F)(F)F)CC2(F)F)CC1)C(F)(F)F. The number of allylic oxidation sites excluding steroid dienone is 3. The zero-order chi connectivity index (χ0) is 31.9. The molecule has 1 aliphatic carbocycles. The Bertz CT molecular complexity index is 1370. The van der Waals surface area contributed by atoms with E-state index in [1.165, 1.54) is 16.7 Å². The van der Waals surface area contributed by atoms with Crippen molar-refractivity contribution >= 4 is 12.1 Å². The number of alkyl halides is 8. The summed E-state index contributed by atoms with van der Waals surface area (Å²) < 4.78 is 110. The predicted octanol–water partition coefficient (Wildman–Crippen LogP) is 4.71. The number of aromatic nitrogens is 2. The molecule has 43 heavy (non-hydrogen) atoms. The third-order valence-electron chi connectivity index (χ3n) is 8.23. The number of rotatable bonds is 6. The number of carbonyl (C=O) groups excluding carboxylic acids is 1. The number of aromatic amines is 1. The van der Waals surface area contributed by atoms with Gasteiger partial charge in [-0.2, -0.15) is 31.4 Å². The van der Waals surface area contributed by atoms with Crippen molar-refractivity contribution < 1.29 is 39.9 Å². The Balaban J connectivity index is 1.46. The second-order valence-electron chi connectivity index (χ2n) is 10.9. The van der Waals surface area contributed by atoms with E-state index in [0.29, 0.717) is 17.8 Å². The summed E-state index contributed by atoms with van der Waals surface area (Å²) in [5, 5.41) is 5.58. The van der Waals surface area contributed by atoms with Crippen molar-refractivity contribution in [1.82, 2.24) is 24.9 Å². The fourth-order valence-corrected chi connectivity index (χ4v) is 5.83. The molecule has 16 heteroatoms. The number of hydrogen-bond acceptors (Lipinski definition) is 6. The molecule has 1 N–H and O–H groups in total. The highest BCUT2D eigenvalue weighted by Gasteiger charge is 2.55. The van der Waals surface area contributed by atoms with Crippen molar-refractivity contribution in [2.24, 2.45) is 10.9 Å². The summed E-state index contributed by atoms with van der Waals surface area (Å²) in [6.07, 6.45) is -7.50. The summed E-state index contributed by atoms with van der Waals surface area (Å²) >= 11 is 0. The topological polar surface area (TPSA) is 84.9 Å². The Morgan fingerprint density at radius 1 is 1.12 bits per heavy atom. The zero-order valence-electron chi connectivity index (χ0n) is 23.7. The van der Waals surface area contributed by atoms with Crippen molar-refractivity contribution in [1.29, 1.82) is 0 Å². The minimum atomic E-state index is -4.94. The lowest BCUT2D eigenvalue weighted by atomic mass is 10.0. The van der Waals surface area contributed by atoms with E-state index in [2.05, 4.69) is 10.1 Å². The molecule has 238 valence electrons. The van der Waals surface area contributed by atoms with Crippen LogP contribution in [0.3, 0.4) is 0 Å². The highest BCUT2D eigenvalue weighted by molar-refractivity contribution is 5.81. The molecule has 0 saturated carbocycles. The summed E-state index contributed by atoms with van der Waals surface area (Å²) in [5.41, 5.74) is -3.42. The molecule has 1 amide bonds. The van der Waals surface area contributed by atoms with Crippen molar-refractivity contribution in [3.05, 3.63) is 50.2 Å². The number of halogens is 8. The van der Waals surface area contributed by atoms with Crippen LogP contribution in [0.15, 0.2) is 32.8 Å². The van der Waals surface area contributed by atoms with Crippen molar-refractivity contribution in [3.63, 3.8) is 0 Å². The molecule has 2 atom stereocenters. The number of nitrogens with zero attached hydrogens (tertiary/aromatic N) is 5. The molecule has 2 aliphatic heterocycles. The largest absolute Gasteiger partial charge is 0.422 e. The molecular weight excluding hydrogens is 592 g/mol. The standard InChI is InChI=1S/C27H32F8N6O2/c1-4-15(3)22(36-12-16(5-2)26(30,31)32)39-8-10-40(11-9-39)24(43)18-13-41(14-25(18,28)29)19-7-6-17-20(27(33,34)35)23(42)38-37-21(17)19/h5,12,18-19H,4,6-11,13-14H2,1-3H3,(H,38,42)/b16-5+,22-15-,36-12-. The van der Waals surface area contributed by atoms with Gasteiger partial charge in [0, 0.05) is 38.9 Å². The maximum atomic E-state index is 15.2. The van der Waals surface area contributed by atoms with Gasteiger partial charge in [-0.1, -0.05) is 13.0 Å². The van der Waals surface area contributed by atoms with Crippen molar-refractivity contribution in [2.45, 2.75) is 64.4 Å². The molecule has 0 aromatic carbocycles. The summed E-state index contributed by atoms with van der Waals surface area (Å²) in [5.74, 6) is -5.72. The Labute approximate surface area is 242 Å². The van der Waals surface area contributed by atoms with Crippen molar-refractivity contribution in [2.75, 3.05) is 39.3 Å². The van der Waals surface area contributed by atoms with Gasteiger partial charge in [0.1, 0.15) is 17.3 Å². The van der Waals surface area contributed by atoms with E-state index in [-0.39, 0.29) is 50.3 Å². The van der Waals surface area contributed by atoms with Crippen LogP contribution in [-0.2, 0) is 17.4 Å². The fraction of sp³-hybridized carbons (Fsp3) is 0.630. The Hall–Kier alpha value is -3.30. The van der Waals surface area contributed by atoms with Crippen LogP contribution >= 0.6 is 0 Å². The van der Waals surface area contributed by atoms with Gasteiger partial charge in [0.2, 0.25) is 5.91 Å². The van der Waals surface area contributed by atoms with E-state index in [0.717, 1.165) is 12.3 Å². The first-order valence-corrected chi connectivity index (χ1v) is 13.8. The summed E-state index contributed by atoms with van der Waals surface area (Å²) in [6.45, 7) is 3.89. The van der Waals surface area contributed by atoms with Gasteiger partial charge in [-0.15, -0.1) is 0 Å². The van der Waals surface area contributed by atoms with Gasteiger partial charge >= 0.3 is 12.4 Å². The maximum absolute atomic E-state index is 15.2. The van der Waals surface area contributed by atoms with Crippen LogP contribution in [0, 0.1) is 5.92 Å². The van der Waals surface area contributed by atoms with Crippen LogP contribution in [0.1, 0.15) is 56.5 Å². The molecule has 0 spiro atoms. The minimum absolute atomic E-state index is 0.0289.